The lowest BCUT2D eigenvalue weighted by Gasteiger charge is -2.26. The van der Waals surface area contributed by atoms with E-state index in [4.69, 9.17) is 4.74 Å². The van der Waals surface area contributed by atoms with Crippen molar-refractivity contribution in [3.63, 3.8) is 0 Å². The van der Waals surface area contributed by atoms with Gasteiger partial charge in [-0.1, -0.05) is 18.6 Å². The quantitative estimate of drug-likeness (QED) is 0.366. The number of rotatable bonds is 9. The Bertz CT molecular complexity index is 835. The maximum absolute atomic E-state index is 11.9. The summed E-state index contributed by atoms with van der Waals surface area (Å²) in [7, 11) is 0. The van der Waals surface area contributed by atoms with Crippen molar-refractivity contribution in [2.75, 3.05) is 31.6 Å². The first-order valence-electron chi connectivity index (χ1n) is 10.3. The van der Waals surface area contributed by atoms with Gasteiger partial charge in [0.25, 0.3) is 5.69 Å². The third-order valence-corrected chi connectivity index (χ3v) is 4.96. The number of piperidine rings is 1. The molecule has 0 aromatic heterocycles. The van der Waals surface area contributed by atoms with Crippen LogP contribution in [-0.4, -0.2) is 42.1 Å². The van der Waals surface area contributed by atoms with Crippen molar-refractivity contribution in [3.05, 3.63) is 64.2 Å². The SMILES string of the molecule is O=C(NCCCOc1cccc(CN2CCCCC2)c1)Nc1ccc([N+](=O)[O-])cc1. The maximum Gasteiger partial charge on any atom is 0.319 e. The Hall–Kier alpha value is -3.13. The number of benzene rings is 2. The highest BCUT2D eigenvalue weighted by molar-refractivity contribution is 5.89. The van der Waals surface area contributed by atoms with Crippen LogP contribution in [0.3, 0.4) is 0 Å². The lowest BCUT2D eigenvalue weighted by molar-refractivity contribution is -0.384. The number of nitrogens with one attached hydrogen (secondary N) is 2. The van der Waals surface area contributed by atoms with E-state index in [1.807, 2.05) is 12.1 Å². The van der Waals surface area contributed by atoms with Gasteiger partial charge in [0.05, 0.1) is 11.5 Å². The number of hydrogen-bond donors (Lipinski definition) is 2. The van der Waals surface area contributed by atoms with Crippen molar-refractivity contribution in [1.82, 2.24) is 10.2 Å². The monoisotopic (exact) mass is 412 g/mol. The summed E-state index contributed by atoms with van der Waals surface area (Å²) < 4.78 is 5.82. The number of non-ortho nitro benzene ring substituents is 1. The molecule has 0 atom stereocenters. The minimum Gasteiger partial charge on any atom is -0.494 e. The fraction of sp³-hybridized carbons (Fsp3) is 0.409. The number of urea groups is 1. The summed E-state index contributed by atoms with van der Waals surface area (Å²) in [5.41, 5.74) is 1.74. The van der Waals surface area contributed by atoms with Crippen LogP contribution in [0.4, 0.5) is 16.2 Å². The second-order valence-electron chi connectivity index (χ2n) is 7.37. The van der Waals surface area contributed by atoms with Crippen molar-refractivity contribution in [2.24, 2.45) is 0 Å². The van der Waals surface area contributed by atoms with Crippen molar-refractivity contribution >= 4 is 17.4 Å². The van der Waals surface area contributed by atoms with Crippen LogP contribution in [0.25, 0.3) is 0 Å². The lowest BCUT2D eigenvalue weighted by Crippen LogP contribution is -2.30. The van der Waals surface area contributed by atoms with E-state index in [2.05, 4.69) is 27.7 Å². The summed E-state index contributed by atoms with van der Waals surface area (Å²) in [6.07, 6.45) is 4.56. The van der Waals surface area contributed by atoms with Gasteiger partial charge in [0.1, 0.15) is 5.75 Å². The van der Waals surface area contributed by atoms with Crippen LogP contribution in [0.2, 0.25) is 0 Å². The number of likely N-dealkylation sites (tertiary alicyclic amines) is 1. The molecule has 2 aromatic carbocycles. The number of nitrogens with zero attached hydrogens (tertiary/aromatic N) is 2. The molecular weight excluding hydrogens is 384 g/mol. The van der Waals surface area contributed by atoms with Gasteiger partial charge in [0.15, 0.2) is 0 Å². The number of nitro benzene ring substituents is 1. The first-order valence-corrected chi connectivity index (χ1v) is 10.3. The van der Waals surface area contributed by atoms with Gasteiger partial charge in [0, 0.05) is 30.9 Å². The first-order chi connectivity index (χ1) is 14.6. The van der Waals surface area contributed by atoms with Crippen molar-refractivity contribution < 1.29 is 14.5 Å². The van der Waals surface area contributed by atoms with Crippen LogP contribution in [0, 0.1) is 10.1 Å². The average molecular weight is 412 g/mol. The number of ether oxygens (including phenoxy) is 1. The Labute approximate surface area is 176 Å². The smallest absolute Gasteiger partial charge is 0.319 e. The summed E-state index contributed by atoms with van der Waals surface area (Å²) in [5, 5.41) is 16.0. The van der Waals surface area contributed by atoms with E-state index in [0.29, 0.717) is 25.3 Å². The fourth-order valence-corrected chi connectivity index (χ4v) is 3.42. The van der Waals surface area contributed by atoms with Crippen LogP contribution < -0.4 is 15.4 Å². The predicted octanol–water partition coefficient (Wildman–Crippen LogP) is 4.17. The molecule has 0 radical (unpaired) electrons. The van der Waals surface area contributed by atoms with E-state index in [-0.39, 0.29) is 11.7 Å². The molecule has 0 spiro atoms. The molecule has 2 aromatic rings. The molecule has 8 nitrogen and oxygen atoms in total. The minimum atomic E-state index is -0.479. The van der Waals surface area contributed by atoms with Gasteiger partial charge >= 0.3 is 6.03 Å². The second kappa shape index (κ2) is 11.2. The summed E-state index contributed by atoms with van der Waals surface area (Å²) in [4.78, 5) is 24.5. The van der Waals surface area contributed by atoms with Crippen LogP contribution in [0.5, 0.6) is 5.75 Å². The van der Waals surface area contributed by atoms with Gasteiger partial charge in [-0.2, -0.15) is 0 Å². The molecule has 30 heavy (non-hydrogen) atoms. The van der Waals surface area contributed by atoms with Crippen molar-refractivity contribution in [1.29, 1.82) is 0 Å². The third kappa shape index (κ3) is 7.04. The second-order valence-corrected chi connectivity index (χ2v) is 7.37. The summed E-state index contributed by atoms with van der Waals surface area (Å²) in [6.45, 7) is 4.26. The maximum atomic E-state index is 11.9. The number of carbonyl (C=O) groups excluding carboxylic acids is 1. The van der Waals surface area contributed by atoms with E-state index < -0.39 is 4.92 Å². The van der Waals surface area contributed by atoms with Gasteiger partial charge in [-0.3, -0.25) is 15.0 Å². The van der Waals surface area contributed by atoms with Gasteiger partial charge in [-0.05, 0) is 62.2 Å². The van der Waals surface area contributed by atoms with Gasteiger partial charge in [-0.15, -0.1) is 0 Å². The van der Waals surface area contributed by atoms with Crippen LogP contribution in [0.15, 0.2) is 48.5 Å². The molecule has 3 rings (SSSR count). The normalized spacial score (nSPS) is 14.1. The molecule has 0 unspecified atom stereocenters. The summed E-state index contributed by atoms with van der Waals surface area (Å²) in [5.74, 6) is 0.847. The zero-order valence-electron chi connectivity index (χ0n) is 17.0. The Kier molecular flexibility index (Phi) is 8.02. The van der Waals surface area contributed by atoms with E-state index >= 15 is 0 Å². The highest BCUT2D eigenvalue weighted by atomic mass is 16.6. The van der Waals surface area contributed by atoms with E-state index in [1.165, 1.54) is 62.2 Å². The first kappa shape index (κ1) is 21.6. The molecule has 2 amide bonds. The van der Waals surface area contributed by atoms with E-state index in [9.17, 15) is 14.9 Å². The fourth-order valence-electron chi connectivity index (χ4n) is 3.42. The van der Waals surface area contributed by atoms with Crippen molar-refractivity contribution in [2.45, 2.75) is 32.2 Å². The highest BCUT2D eigenvalue weighted by Gasteiger charge is 2.10. The Morgan fingerprint density at radius 2 is 1.87 bits per heavy atom. The number of carbonyl (C=O) groups is 1. The summed E-state index contributed by atoms with van der Waals surface area (Å²) in [6, 6.07) is 13.5. The van der Waals surface area contributed by atoms with Crippen LogP contribution >= 0.6 is 0 Å². The lowest BCUT2D eigenvalue weighted by atomic mass is 10.1. The molecule has 1 saturated heterocycles. The zero-order valence-corrected chi connectivity index (χ0v) is 17.0. The summed E-state index contributed by atoms with van der Waals surface area (Å²) >= 11 is 0. The molecule has 160 valence electrons. The third-order valence-electron chi connectivity index (χ3n) is 4.96. The molecule has 0 bridgehead atoms. The topological polar surface area (TPSA) is 96.7 Å². The molecule has 1 aliphatic heterocycles. The predicted molar refractivity (Wildman–Crippen MR) is 116 cm³/mol. The molecule has 1 fully saturated rings. The van der Waals surface area contributed by atoms with Crippen LogP contribution in [-0.2, 0) is 6.54 Å². The van der Waals surface area contributed by atoms with Crippen LogP contribution in [0.1, 0.15) is 31.2 Å². The molecule has 8 heteroatoms. The minimum absolute atomic E-state index is 0.0156. The highest BCUT2D eigenvalue weighted by Crippen LogP contribution is 2.18. The average Bonchev–Trinajstić information content (AvgIpc) is 2.75. The largest absolute Gasteiger partial charge is 0.494 e. The van der Waals surface area contributed by atoms with Gasteiger partial charge < -0.3 is 15.4 Å². The number of amides is 2. The molecular formula is C22H28N4O4. The molecule has 0 aliphatic carbocycles. The van der Waals surface area contributed by atoms with E-state index in [1.54, 1.807) is 0 Å². The Morgan fingerprint density at radius 3 is 2.60 bits per heavy atom. The Balaban J connectivity index is 1.33. The Morgan fingerprint density at radius 1 is 1.10 bits per heavy atom. The number of hydrogen-bond acceptors (Lipinski definition) is 5. The zero-order chi connectivity index (χ0) is 21.2. The van der Waals surface area contributed by atoms with Gasteiger partial charge in [-0.25, -0.2) is 4.79 Å². The van der Waals surface area contributed by atoms with E-state index in [0.717, 1.165) is 12.3 Å². The molecule has 1 heterocycles. The molecule has 0 saturated carbocycles. The van der Waals surface area contributed by atoms with Gasteiger partial charge in [0.2, 0.25) is 0 Å². The number of nitro groups is 1. The molecule has 2 N–H and O–H groups in total. The molecule has 1 aliphatic rings. The van der Waals surface area contributed by atoms with Crippen molar-refractivity contribution in [3.8, 4) is 5.75 Å². The number of anilines is 1. The standard InChI is InChI=1S/C22H28N4O4/c27-22(24-19-8-10-20(11-9-19)26(28)29)23-12-5-15-30-21-7-4-6-18(16-21)17-25-13-2-1-3-14-25/h4,6-11,16H,1-3,5,12-15,17H2,(H2,23,24,27).